The average Bonchev–Trinajstić information content (AvgIpc) is 3.91. The molecule has 1 aliphatic heterocycles. The van der Waals surface area contributed by atoms with Gasteiger partial charge in [-0.3, -0.25) is 4.79 Å². The van der Waals surface area contributed by atoms with Crippen molar-refractivity contribution in [3.63, 3.8) is 0 Å². The minimum absolute atomic E-state index is 0.0723. The lowest BCUT2D eigenvalue weighted by Crippen LogP contribution is -2.40. The van der Waals surface area contributed by atoms with E-state index in [9.17, 15) is 26.4 Å². The third kappa shape index (κ3) is 8.06. The van der Waals surface area contributed by atoms with E-state index >= 15 is 0 Å². The molecule has 2 aliphatic carbocycles. The monoisotopic (exact) mass is 691 g/mol. The molecule has 6 rings (SSSR count). The molecule has 252 valence electrons. The molecule has 3 aliphatic rings. The van der Waals surface area contributed by atoms with E-state index in [-0.39, 0.29) is 29.2 Å². The number of likely N-dealkylation sites (tertiary alicyclic amines) is 1. The number of carbonyl (C=O) groups is 1. The van der Waals surface area contributed by atoms with Gasteiger partial charge >= 0.3 is 12.2 Å². The number of nitrogens with one attached hydrogen (secondary N) is 1. The van der Waals surface area contributed by atoms with Crippen molar-refractivity contribution in [1.82, 2.24) is 19.9 Å². The van der Waals surface area contributed by atoms with Crippen LogP contribution in [-0.2, 0) is 21.8 Å². The number of Topliss-reactive ketones (excluding diaryl/α,β-unsaturated/α-hetero) is 1. The summed E-state index contributed by atoms with van der Waals surface area (Å²) in [5.74, 6) is -0.797. The standard InChI is InChI=1S/C33H37ClF3N5O4S/c1-30(2)15-16-42(19-30)20-31(11-12-31)47(44,45)18-26(43)23-5-3-22(4-6-23)17-27-38-28(40-29(39-27)46-21-33(35,36)37)41-32(13-14-32)24-7-9-25(34)10-8-24/h3-10H,11-21H2,1-2H3,(H,38,39,40,41). The second-order valence-corrected chi connectivity index (χ2v) is 16.7. The molecule has 1 saturated heterocycles. The quantitative estimate of drug-likeness (QED) is 0.215. The van der Waals surface area contributed by atoms with Crippen LogP contribution in [0.5, 0.6) is 6.01 Å². The van der Waals surface area contributed by atoms with Crippen molar-refractivity contribution in [2.45, 2.75) is 68.8 Å². The van der Waals surface area contributed by atoms with Gasteiger partial charge in [-0.2, -0.15) is 28.1 Å². The minimum atomic E-state index is -4.58. The lowest BCUT2D eigenvalue weighted by molar-refractivity contribution is -0.154. The van der Waals surface area contributed by atoms with Crippen LogP contribution in [0.1, 0.15) is 73.3 Å². The summed E-state index contributed by atoms with van der Waals surface area (Å²) in [6.07, 6.45) is -0.804. The Bertz CT molecular complexity index is 1740. The Morgan fingerprint density at radius 1 is 0.979 bits per heavy atom. The van der Waals surface area contributed by atoms with Crippen LogP contribution in [0.2, 0.25) is 5.02 Å². The number of hydrogen-bond acceptors (Lipinski definition) is 9. The van der Waals surface area contributed by atoms with Crippen molar-refractivity contribution in [3.8, 4) is 6.01 Å². The Hall–Kier alpha value is -3.29. The van der Waals surface area contributed by atoms with Crippen molar-refractivity contribution in [2.75, 3.05) is 37.3 Å². The zero-order chi connectivity index (χ0) is 33.7. The van der Waals surface area contributed by atoms with Crippen molar-refractivity contribution >= 4 is 33.2 Å². The largest absolute Gasteiger partial charge is 0.454 e. The van der Waals surface area contributed by atoms with E-state index in [1.807, 2.05) is 12.1 Å². The summed E-state index contributed by atoms with van der Waals surface area (Å²) in [7, 11) is -3.66. The molecule has 2 aromatic carbocycles. The second kappa shape index (κ2) is 12.3. The van der Waals surface area contributed by atoms with Crippen LogP contribution in [0.15, 0.2) is 48.5 Å². The van der Waals surface area contributed by atoms with Gasteiger partial charge in [0.25, 0.3) is 0 Å². The molecule has 0 atom stereocenters. The fraction of sp³-hybridized carbons (Fsp3) is 0.515. The molecule has 0 radical (unpaired) electrons. The average molecular weight is 692 g/mol. The van der Waals surface area contributed by atoms with Gasteiger partial charge in [-0.15, -0.1) is 0 Å². The molecule has 1 aromatic heterocycles. The summed E-state index contributed by atoms with van der Waals surface area (Å²) in [4.78, 5) is 28.0. The highest BCUT2D eigenvalue weighted by molar-refractivity contribution is 7.93. The third-order valence-corrected chi connectivity index (χ3v) is 12.0. The van der Waals surface area contributed by atoms with Gasteiger partial charge in [-0.05, 0) is 67.3 Å². The number of aromatic nitrogens is 3. The van der Waals surface area contributed by atoms with E-state index in [2.05, 4.69) is 39.0 Å². The number of halogens is 4. The highest BCUT2D eigenvalue weighted by Crippen LogP contribution is 2.48. The van der Waals surface area contributed by atoms with E-state index in [0.29, 0.717) is 30.0 Å². The van der Waals surface area contributed by atoms with Crippen molar-refractivity contribution < 1.29 is 31.1 Å². The molecule has 3 fully saturated rings. The van der Waals surface area contributed by atoms with Gasteiger partial charge in [0.2, 0.25) is 5.95 Å². The number of hydrogen-bond donors (Lipinski definition) is 1. The number of ketones is 1. The molecule has 0 amide bonds. The predicted molar refractivity (Wildman–Crippen MR) is 172 cm³/mol. The zero-order valence-electron chi connectivity index (χ0n) is 26.2. The first-order valence-corrected chi connectivity index (χ1v) is 17.6. The fourth-order valence-electron chi connectivity index (χ4n) is 6.21. The number of rotatable bonds is 13. The van der Waals surface area contributed by atoms with Crippen LogP contribution in [0, 0.1) is 5.41 Å². The summed E-state index contributed by atoms with van der Waals surface area (Å²) in [6, 6.07) is 13.2. The summed E-state index contributed by atoms with van der Waals surface area (Å²) >= 11 is 6.04. The molecule has 14 heteroatoms. The van der Waals surface area contributed by atoms with Gasteiger partial charge in [0.1, 0.15) is 11.6 Å². The number of nitrogens with zero attached hydrogens (tertiary/aromatic N) is 4. The maximum Gasteiger partial charge on any atom is 0.422 e. The summed E-state index contributed by atoms with van der Waals surface area (Å²) in [6.45, 7) is 4.96. The topological polar surface area (TPSA) is 114 Å². The molecule has 2 saturated carbocycles. The maximum atomic E-state index is 13.4. The van der Waals surface area contributed by atoms with Crippen LogP contribution in [-0.4, -0.2) is 77.0 Å². The Kier molecular flexibility index (Phi) is 8.80. The second-order valence-electron chi connectivity index (χ2n) is 13.8. The van der Waals surface area contributed by atoms with Crippen LogP contribution < -0.4 is 10.1 Å². The first-order valence-electron chi connectivity index (χ1n) is 15.6. The summed E-state index contributed by atoms with van der Waals surface area (Å²) in [5.41, 5.74) is 1.54. The molecule has 47 heavy (non-hydrogen) atoms. The molecule has 0 unspecified atom stereocenters. The number of ether oxygens (including phenoxy) is 1. The van der Waals surface area contributed by atoms with Gasteiger partial charge in [0.05, 0.1) is 10.3 Å². The van der Waals surface area contributed by atoms with E-state index in [1.54, 1.807) is 36.4 Å². The highest BCUT2D eigenvalue weighted by atomic mass is 35.5. The molecular formula is C33H37ClF3N5O4S. The van der Waals surface area contributed by atoms with Gasteiger partial charge < -0.3 is 15.0 Å². The Morgan fingerprint density at radius 2 is 1.66 bits per heavy atom. The van der Waals surface area contributed by atoms with Crippen molar-refractivity contribution in [1.29, 1.82) is 0 Å². The predicted octanol–water partition coefficient (Wildman–Crippen LogP) is 6.02. The first-order chi connectivity index (χ1) is 22.0. The number of anilines is 1. The third-order valence-electron chi connectivity index (χ3n) is 9.22. The Labute approximate surface area is 277 Å². The lowest BCUT2D eigenvalue weighted by Gasteiger charge is -2.25. The van der Waals surface area contributed by atoms with Gasteiger partial charge in [0, 0.05) is 30.1 Å². The SMILES string of the molecule is CC1(C)CCN(CC2(S(=O)(=O)CC(=O)c3ccc(Cc4nc(NC5(c6ccc(Cl)cc6)CC5)nc(OCC(F)(F)F)n4)cc3)CC2)C1. The normalized spacial score (nSPS) is 19.7. The molecule has 1 N–H and O–H groups in total. The molecule has 3 aromatic rings. The number of carbonyl (C=O) groups excluding carboxylic acids is 1. The van der Waals surface area contributed by atoms with Crippen molar-refractivity contribution in [3.05, 3.63) is 76.1 Å². The maximum absolute atomic E-state index is 13.4. The van der Waals surface area contributed by atoms with E-state index in [4.69, 9.17) is 16.3 Å². The van der Waals surface area contributed by atoms with Crippen LogP contribution in [0.25, 0.3) is 0 Å². The fourth-order valence-corrected chi connectivity index (χ4v) is 8.26. The summed E-state index contributed by atoms with van der Waals surface area (Å²) < 4.78 is 69.6. The molecule has 2 heterocycles. The van der Waals surface area contributed by atoms with E-state index in [1.165, 1.54) is 0 Å². The van der Waals surface area contributed by atoms with Crippen LogP contribution in [0.4, 0.5) is 19.1 Å². The minimum Gasteiger partial charge on any atom is -0.454 e. The smallest absolute Gasteiger partial charge is 0.422 e. The van der Waals surface area contributed by atoms with Crippen LogP contribution in [0.3, 0.4) is 0 Å². The Morgan fingerprint density at radius 3 is 2.23 bits per heavy atom. The van der Waals surface area contributed by atoms with E-state index in [0.717, 1.165) is 37.9 Å². The van der Waals surface area contributed by atoms with E-state index < -0.39 is 50.5 Å². The Balaban J connectivity index is 1.14. The molecular weight excluding hydrogens is 655 g/mol. The first kappa shape index (κ1) is 33.6. The zero-order valence-corrected chi connectivity index (χ0v) is 27.8. The van der Waals surface area contributed by atoms with Crippen molar-refractivity contribution in [2.24, 2.45) is 5.41 Å². The highest BCUT2D eigenvalue weighted by Gasteiger charge is 2.56. The molecule has 0 bridgehead atoms. The molecule has 0 spiro atoms. The number of alkyl halides is 3. The number of sulfone groups is 1. The van der Waals surface area contributed by atoms with Gasteiger partial charge in [-0.1, -0.05) is 61.8 Å². The van der Waals surface area contributed by atoms with Gasteiger partial charge in [0.15, 0.2) is 22.2 Å². The van der Waals surface area contributed by atoms with Gasteiger partial charge in [-0.25, -0.2) is 8.42 Å². The summed E-state index contributed by atoms with van der Waals surface area (Å²) in [5, 5.41) is 3.83. The number of benzene rings is 2. The van der Waals surface area contributed by atoms with Crippen LogP contribution >= 0.6 is 11.6 Å². The molecule has 9 nitrogen and oxygen atoms in total. The lowest BCUT2D eigenvalue weighted by atomic mass is 9.93.